The largest absolute Gasteiger partial charge is 0.870 e. The molecule has 0 aromatic carbocycles. The van der Waals surface area contributed by atoms with E-state index in [1.165, 1.54) is 0 Å². The third-order valence-electron chi connectivity index (χ3n) is 2.38. The second kappa shape index (κ2) is 9.38. The first-order valence-electron chi connectivity index (χ1n) is 5.67. The number of rotatable bonds is 2. The highest BCUT2D eigenvalue weighted by atomic mass is 16.0. The van der Waals surface area contributed by atoms with Crippen molar-refractivity contribution in [1.82, 2.24) is 9.13 Å². The van der Waals surface area contributed by atoms with Gasteiger partial charge in [0.2, 0.25) is 12.7 Å². The smallest absolute Gasteiger partial charge is 0.243 e. The number of nitrogens with zero attached hydrogens (tertiary/aromatic N) is 4. The molecule has 0 aliphatic rings. The molecule has 0 aliphatic heterocycles. The standard InChI is InChI=1S/2C6H11N2.2H2O/c2*1-3-8-5-4-7(2)6-8;;/h2*4-6H,3H2,1-2H3;2*1H2/q2*+1;;/p-2. The summed E-state index contributed by atoms with van der Waals surface area (Å²) >= 11 is 0. The van der Waals surface area contributed by atoms with Crippen LogP contribution in [0.5, 0.6) is 0 Å². The fraction of sp³-hybridized carbons (Fsp3) is 0.500. The van der Waals surface area contributed by atoms with E-state index in [2.05, 4.69) is 48.0 Å². The molecule has 0 amide bonds. The van der Waals surface area contributed by atoms with E-state index in [-0.39, 0.29) is 11.0 Å². The molecule has 2 rings (SSSR count). The third kappa shape index (κ3) is 6.17. The van der Waals surface area contributed by atoms with Gasteiger partial charge in [0, 0.05) is 0 Å². The summed E-state index contributed by atoms with van der Waals surface area (Å²) in [4.78, 5) is 0. The van der Waals surface area contributed by atoms with Crippen molar-refractivity contribution >= 4 is 0 Å². The van der Waals surface area contributed by atoms with Gasteiger partial charge in [-0.15, -0.1) is 0 Å². The minimum Gasteiger partial charge on any atom is -0.870 e. The van der Waals surface area contributed by atoms with E-state index in [1.807, 2.05) is 35.6 Å². The lowest BCUT2D eigenvalue weighted by Gasteiger charge is -1.81. The molecule has 2 aromatic rings. The van der Waals surface area contributed by atoms with Gasteiger partial charge in [-0.2, -0.15) is 0 Å². The molecule has 0 unspecified atom stereocenters. The maximum Gasteiger partial charge on any atom is 0.243 e. The van der Waals surface area contributed by atoms with Crippen molar-refractivity contribution in [3.63, 3.8) is 0 Å². The lowest BCUT2D eigenvalue weighted by Crippen LogP contribution is -2.23. The van der Waals surface area contributed by atoms with Crippen LogP contribution in [0.3, 0.4) is 0 Å². The van der Waals surface area contributed by atoms with Crippen LogP contribution in [0, 0.1) is 0 Å². The van der Waals surface area contributed by atoms with E-state index < -0.39 is 0 Å². The fourth-order valence-electron chi connectivity index (χ4n) is 1.38. The minimum absolute atomic E-state index is 0. The van der Waals surface area contributed by atoms with Crippen molar-refractivity contribution in [2.45, 2.75) is 26.9 Å². The van der Waals surface area contributed by atoms with Crippen LogP contribution in [0.1, 0.15) is 13.8 Å². The summed E-state index contributed by atoms with van der Waals surface area (Å²) in [5, 5.41) is 0. The Bertz CT molecular complexity index is 383. The quantitative estimate of drug-likeness (QED) is 0.725. The highest BCUT2D eigenvalue weighted by Crippen LogP contribution is 1.79. The molecule has 2 aromatic heterocycles. The molecule has 18 heavy (non-hydrogen) atoms. The van der Waals surface area contributed by atoms with Crippen LogP contribution in [0.2, 0.25) is 0 Å². The van der Waals surface area contributed by atoms with E-state index in [4.69, 9.17) is 0 Å². The molecule has 6 heteroatoms. The van der Waals surface area contributed by atoms with E-state index >= 15 is 0 Å². The topological polar surface area (TPSA) is 77.6 Å². The van der Waals surface area contributed by atoms with Crippen LogP contribution in [-0.4, -0.2) is 20.1 Å². The Labute approximate surface area is 108 Å². The molecule has 0 radical (unpaired) electrons. The van der Waals surface area contributed by atoms with Crippen LogP contribution in [0.4, 0.5) is 0 Å². The van der Waals surface area contributed by atoms with Gasteiger partial charge >= 0.3 is 0 Å². The van der Waals surface area contributed by atoms with Gasteiger partial charge in [-0.05, 0) is 13.8 Å². The zero-order valence-corrected chi connectivity index (χ0v) is 11.6. The Morgan fingerprint density at radius 1 is 0.778 bits per heavy atom. The van der Waals surface area contributed by atoms with Gasteiger partial charge in [-0.25, -0.2) is 18.3 Å². The van der Waals surface area contributed by atoms with Crippen LogP contribution in [-0.2, 0) is 27.2 Å². The average Bonchev–Trinajstić information content (AvgIpc) is 2.88. The number of hydrogen-bond donors (Lipinski definition) is 0. The van der Waals surface area contributed by atoms with Crippen LogP contribution >= 0.6 is 0 Å². The molecule has 0 spiro atoms. The number of aromatic nitrogens is 4. The molecule has 104 valence electrons. The SMILES string of the molecule is CCn1cc[n+](C)c1.CCn1cc[n+](C)c1.[OH-].[OH-]. The summed E-state index contributed by atoms with van der Waals surface area (Å²) in [6.07, 6.45) is 12.3. The first kappa shape index (κ1) is 18.7. The number of imidazole rings is 2. The van der Waals surface area contributed by atoms with Gasteiger partial charge in [-0.3, -0.25) is 0 Å². The minimum atomic E-state index is 0. The Morgan fingerprint density at radius 2 is 1.11 bits per heavy atom. The summed E-state index contributed by atoms with van der Waals surface area (Å²) in [6.45, 7) is 6.36. The Hall–Kier alpha value is -1.66. The first-order chi connectivity index (χ1) is 7.65. The number of hydrogen-bond acceptors (Lipinski definition) is 2. The van der Waals surface area contributed by atoms with Gasteiger partial charge in [0.25, 0.3) is 0 Å². The second-order valence-electron chi connectivity index (χ2n) is 3.82. The zero-order chi connectivity index (χ0) is 12.0. The van der Waals surface area contributed by atoms with Crippen molar-refractivity contribution in [1.29, 1.82) is 0 Å². The summed E-state index contributed by atoms with van der Waals surface area (Å²) in [5.41, 5.74) is 0. The van der Waals surface area contributed by atoms with E-state index in [0.29, 0.717) is 0 Å². The van der Waals surface area contributed by atoms with Crippen LogP contribution in [0.25, 0.3) is 0 Å². The van der Waals surface area contributed by atoms with Crippen molar-refractivity contribution in [3.05, 3.63) is 37.4 Å². The van der Waals surface area contributed by atoms with E-state index in [0.717, 1.165) is 13.1 Å². The molecule has 2 heterocycles. The van der Waals surface area contributed by atoms with E-state index in [1.54, 1.807) is 0 Å². The first-order valence-corrected chi connectivity index (χ1v) is 5.67. The van der Waals surface area contributed by atoms with Crippen LogP contribution < -0.4 is 9.13 Å². The lowest BCUT2D eigenvalue weighted by molar-refractivity contribution is -0.671. The normalized spacial score (nSPS) is 8.67. The predicted molar refractivity (Wildman–Crippen MR) is 66.4 cm³/mol. The Balaban J connectivity index is 0. The van der Waals surface area contributed by atoms with Gasteiger partial charge in [0.1, 0.15) is 24.8 Å². The average molecular weight is 256 g/mol. The molecular formula is C12H24N4O2. The third-order valence-corrected chi connectivity index (χ3v) is 2.38. The number of aryl methyl sites for hydroxylation is 4. The van der Waals surface area contributed by atoms with Crippen LogP contribution in [0.15, 0.2) is 37.4 Å². The Kier molecular flexibility index (Phi) is 9.74. The van der Waals surface area contributed by atoms with Gasteiger partial charge in [-0.1, -0.05) is 0 Å². The Morgan fingerprint density at radius 3 is 1.22 bits per heavy atom. The van der Waals surface area contributed by atoms with E-state index in [9.17, 15) is 0 Å². The monoisotopic (exact) mass is 256 g/mol. The van der Waals surface area contributed by atoms with Crippen molar-refractivity contribution in [2.75, 3.05) is 0 Å². The molecule has 0 aliphatic carbocycles. The van der Waals surface area contributed by atoms with Crippen molar-refractivity contribution in [2.24, 2.45) is 14.1 Å². The maximum absolute atomic E-state index is 2.12. The van der Waals surface area contributed by atoms with Gasteiger partial charge in [0.05, 0.1) is 27.2 Å². The molecule has 0 fully saturated rings. The van der Waals surface area contributed by atoms with Crippen molar-refractivity contribution < 1.29 is 20.1 Å². The lowest BCUT2D eigenvalue weighted by atomic mass is 10.7. The zero-order valence-electron chi connectivity index (χ0n) is 11.6. The van der Waals surface area contributed by atoms with Gasteiger partial charge in [0.15, 0.2) is 0 Å². The summed E-state index contributed by atoms with van der Waals surface area (Å²) < 4.78 is 8.31. The molecule has 0 bridgehead atoms. The summed E-state index contributed by atoms with van der Waals surface area (Å²) in [5.74, 6) is 0. The molecule has 0 saturated carbocycles. The highest BCUT2D eigenvalue weighted by molar-refractivity contribution is 4.64. The molecule has 6 nitrogen and oxygen atoms in total. The second-order valence-corrected chi connectivity index (χ2v) is 3.82. The molecular weight excluding hydrogens is 232 g/mol. The van der Waals surface area contributed by atoms with Gasteiger partial charge < -0.3 is 11.0 Å². The highest BCUT2D eigenvalue weighted by Gasteiger charge is 1.92. The molecule has 0 saturated heterocycles. The fourth-order valence-corrected chi connectivity index (χ4v) is 1.38. The predicted octanol–water partition coefficient (Wildman–Crippen LogP) is 0.311. The molecule has 2 N–H and O–H groups in total. The summed E-state index contributed by atoms with van der Waals surface area (Å²) in [7, 11) is 4.04. The summed E-state index contributed by atoms with van der Waals surface area (Å²) in [6, 6.07) is 0. The molecule has 0 atom stereocenters. The van der Waals surface area contributed by atoms with Crippen molar-refractivity contribution in [3.8, 4) is 0 Å². The maximum atomic E-state index is 2.12.